The van der Waals surface area contributed by atoms with Crippen LogP contribution in [0.15, 0.2) is 18.2 Å². The average molecular weight is 357 g/mol. The standard InChI is InChI=1S/C16H18ClFN2O2S/c17-13-12-10(18)3-1-4-11(12)23-14(13)15(21)20-9-16(22)5-2-7-19-8-6-16/h1,3-4,19,22H,2,5-9H2,(H,20,21)/t16-/m1/s1. The summed E-state index contributed by atoms with van der Waals surface area (Å²) in [4.78, 5) is 12.7. The van der Waals surface area contributed by atoms with E-state index in [1.807, 2.05) is 0 Å². The molecule has 1 aromatic heterocycles. The van der Waals surface area contributed by atoms with Gasteiger partial charge in [-0.1, -0.05) is 17.7 Å². The van der Waals surface area contributed by atoms with Crippen molar-refractivity contribution in [2.75, 3.05) is 19.6 Å². The second-order valence-electron chi connectivity index (χ2n) is 5.87. The Labute approximate surface area is 142 Å². The van der Waals surface area contributed by atoms with Gasteiger partial charge in [0.05, 0.1) is 10.6 Å². The maximum absolute atomic E-state index is 13.9. The molecular formula is C16H18ClFN2O2S. The summed E-state index contributed by atoms with van der Waals surface area (Å²) in [5.74, 6) is -0.808. The summed E-state index contributed by atoms with van der Waals surface area (Å²) >= 11 is 7.33. The molecule has 1 aliphatic heterocycles. The molecule has 0 saturated carbocycles. The molecular weight excluding hydrogens is 339 g/mol. The number of carbonyl (C=O) groups excluding carboxylic acids is 1. The maximum atomic E-state index is 13.9. The van der Waals surface area contributed by atoms with Crippen LogP contribution in [0, 0.1) is 5.82 Å². The van der Waals surface area contributed by atoms with Gasteiger partial charge in [-0.25, -0.2) is 4.39 Å². The predicted molar refractivity (Wildman–Crippen MR) is 90.8 cm³/mol. The van der Waals surface area contributed by atoms with Crippen molar-refractivity contribution in [3.63, 3.8) is 0 Å². The second kappa shape index (κ2) is 6.73. The molecule has 4 nitrogen and oxygen atoms in total. The Kier molecular flexibility index (Phi) is 4.87. The lowest BCUT2D eigenvalue weighted by Gasteiger charge is -2.26. The first-order valence-corrected chi connectivity index (χ1v) is 8.77. The molecule has 1 atom stereocenters. The molecule has 2 heterocycles. The molecule has 3 N–H and O–H groups in total. The van der Waals surface area contributed by atoms with Crippen LogP contribution >= 0.6 is 22.9 Å². The van der Waals surface area contributed by atoms with Crippen LogP contribution in [0.3, 0.4) is 0 Å². The molecule has 1 aliphatic rings. The average Bonchev–Trinajstić information content (AvgIpc) is 2.72. The molecule has 1 aromatic carbocycles. The fraction of sp³-hybridized carbons (Fsp3) is 0.438. The van der Waals surface area contributed by atoms with Crippen molar-refractivity contribution in [2.24, 2.45) is 0 Å². The summed E-state index contributed by atoms with van der Waals surface area (Å²) in [6.07, 6.45) is 2.08. The smallest absolute Gasteiger partial charge is 0.263 e. The lowest BCUT2D eigenvalue weighted by atomic mass is 9.95. The van der Waals surface area contributed by atoms with Gasteiger partial charge in [-0.3, -0.25) is 4.79 Å². The van der Waals surface area contributed by atoms with Gasteiger partial charge in [0.2, 0.25) is 0 Å². The van der Waals surface area contributed by atoms with E-state index in [0.29, 0.717) is 17.5 Å². The van der Waals surface area contributed by atoms with Crippen molar-refractivity contribution in [3.05, 3.63) is 33.9 Å². The van der Waals surface area contributed by atoms with Gasteiger partial charge in [-0.05, 0) is 44.5 Å². The van der Waals surface area contributed by atoms with E-state index in [4.69, 9.17) is 11.6 Å². The van der Waals surface area contributed by atoms with Crippen molar-refractivity contribution in [2.45, 2.75) is 24.9 Å². The van der Waals surface area contributed by atoms with Crippen LogP contribution in [-0.4, -0.2) is 36.2 Å². The van der Waals surface area contributed by atoms with E-state index in [9.17, 15) is 14.3 Å². The van der Waals surface area contributed by atoms with E-state index < -0.39 is 11.4 Å². The highest BCUT2D eigenvalue weighted by Gasteiger charge is 2.29. The number of fused-ring (bicyclic) bond motifs is 1. The van der Waals surface area contributed by atoms with Gasteiger partial charge in [-0.2, -0.15) is 0 Å². The van der Waals surface area contributed by atoms with Crippen molar-refractivity contribution in [1.29, 1.82) is 0 Å². The molecule has 124 valence electrons. The Morgan fingerprint density at radius 2 is 2.26 bits per heavy atom. The zero-order valence-electron chi connectivity index (χ0n) is 12.5. The molecule has 0 radical (unpaired) electrons. The molecule has 0 unspecified atom stereocenters. The van der Waals surface area contributed by atoms with E-state index in [1.54, 1.807) is 12.1 Å². The normalized spacial score (nSPS) is 22.0. The Hall–Kier alpha value is -1.21. The van der Waals surface area contributed by atoms with Gasteiger partial charge in [0.15, 0.2) is 0 Å². The highest BCUT2D eigenvalue weighted by Crippen LogP contribution is 2.36. The third kappa shape index (κ3) is 3.50. The first-order chi connectivity index (χ1) is 11.0. The Morgan fingerprint density at radius 1 is 1.43 bits per heavy atom. The van der Waals surface area contributed by atoms with Crippen LogP contribution in [0.1, 0.15) is 28.9 Å². The van der Waals surface area contributed by atoms with E-state index in [0.717, 1.165) is 30.8 Å². The first kappa shape index (κ1) is 16.6. The molecule has 1 fully saturated rings. The first-order valence-electron chi connectivity index (χ1n) is 7.58. The molecule has 2 aromatic rings. The zero-order valence-corrected chi connectivity index (χ0v) is 14.1. The number of carbonyl (C=O) groups is 1. The monoisotopic (exact) mass is 356 g/mol. The van der Waals surface area contributed by atoms with Crippen molar-refractivity contribution >= 4 is 38.9 Å². The number of hydrogen-bond donors (Lipinski definition) is 3. The molecule has 0 aliphatic carbocycles. The van der Waals surface area contributed by atoms with Crippen LogP contribution < -0.4 is 10.6 Å². The number of amides is 1. The van der Waals surface area contributed by atoms with Crippen LogP contribution in [0.4, 0.5) is 4.39 Å². The summed E-state index contributed by atoms with van der Waals surface area (Å²) in [6, 6.07) is 4.65. The molecule has 0 bridgehead atoms. The number of nitrogens with one attached hydrogen (secondary N) is 2. The summed E-state index contributed by atoms with van der Waals surface area (Å²) in [5.41, 5.74) is -0.909. The number of aliphatic hydroxyl groups is 1. The lowest BCUT2D eigenvalue weighted by molar-refractivity contribution is 0.0276. The minimum atomic E-state index is -0.909. The van der Waals surface area contributed by atoms with Crippen LogP contribution in [0.5, 0.6) is 0 Å². The van der Waals surface area contributed by atoms with Crippen molar-refractivity contribution < 1.29 is 14.3 Å². The van der Waals surface area contributed by atoms with Gasteiger partial charge in [-0.15, -0.1) is 11.3 Å². The second-order valence-corrected chi connectivity index (χ2v) is 7.30. The quantitative estimate of drug-likeness (QED) is 0.792. The number of halogens is 2. The third-order valence-corrected chi connectivity index (χ3v) is 5.80. The molecule has 1 amide bonds. The molecule has 0 spiro atoms. The summed E-state index contributed by atoms with van der Waals surface area (Å²) in [6.45, 7) is 1.76. The molecule has 7 heteroatoms. The van der Waals surface area contributed by atoms with E-state index in [1.165, 1.54) is 6.07 Å². The fourth-order valence-electron chi connectivity index (χ4n) is 2.83. The van der Waals surface area contributed by atoms with Crippen molar-refractivity contribution in [3.8, 4) is 0 Å². The predicted octanol–water partition coefficient (Wildman–Crippen LogP) is 2.93. The Morgan fingerprint density at radius 3 is 3.04 bits per heavy atom. The maximum Gasteiger partial charge on any atom is 0.263 e. The minimum Gasteiger partial charge on any atom is -0.388 e. The van der Waals surface area contributed by atoms with Gasteiger partial charge in [0.25, 0.3) is 5.91 Å². The Balaban J connectivity index is 1.76. The number of thiophene rings is 1. The number of hydrogen-bond acceptors (Lipinski definition) is 4. The topological polar surface area (TPSA) is 61.4 Å². The van der Waals surface area contributed by atoms with Gasteiger partial charge in [0.1, 0.15) is 10.7 Å². The van der Waals surface area contributed by atoms with Crippen LogP contribution in [-0.2, 0) is 0 Å². The van der Waals surface area contributed by atoms with Crippen LogP contribution in [0.25, 0.3) is 10.1 Å². The zero-order chi connectivity index (χ0) is 16.4. The summed E-state index contributed by atoms with van der Waals surface area (Å²) < 4.78 is 14.5. The lowest BCUT2D eigenvalue weighted by Crippen LogP contribution is -2.43. The van der Waals surface area contributed by atoms with E-state index in [-0.39, 0.29) is 27.7 Å². The number of benzene rings is 1. The van der Waals surface area contributed by atoms with Crippen LogP contribution in [0.2, 0.25) is 5.02 Å². The highest BCUT2D eigenvalue weighted by molar-refractivity contribution is 7.21. The number of rotatable bonds is 3. The van der Waals surface area contributed by atoms with E-state index in [2.05, 4.69) is 10.6 Å². The van der Waals surface area contributed by atoms with Gasteiger partial charge >= 0.3 is 0 Å². The summed E-state index contributed by atoms with van der Waals surface area (Å²) in [5, 5.41) is 16.9. The highest BCUT2D eigenvalue weighted by atomic mass is 35.5. The summed E-state index contributed by atoms with van der Waals surface area (Å²) in [7, 11) is 0. The van der Waals surface area contributed by atoms with Gasteiger partial charge < -0.3 is 15.7 Å². The third-order valence-electron chi connectivity index (χ3n) is 4.15. The fourth-order valence-corrected chi connectivity index (χ4v) is 4.31. The van der Waals surface area contributed by atoms with E-state index >= 15 is 0 Å². The molecule has 1 saturated heterocycles. The SMILES string of the molecule is O=C(NC[C@@]1(O)CCCNCC1)c1sc2cccc(F)c2c1Cl. The molecule has 3 rings (SSSR count). The Bertz CT molecular complexity index is 726. The van der Waals surface area contributed by atoms with Gasteiger partial charge in [0, 0.05) is 16.6 Å². The van der Waals surface area contributed by atoms with Crippen molar-refractivity contribution in [1.82, 2.24) is 10.6 Å². The molecule has 23 heavy (non-hydrogen) atoms. The largest absolute Gasteiger partial charge is 0.388 e. The minimum absolute atomic E-state index is 0.134.